The third-order valence-electron chi connectivity index (χ3n) is 5.66. The maximum absolute atomic E-state index is 12.7. The van der Waals surface area contributed by atoms with Gasteiger partial charge < -0.3 is 15.0 Å². The average Bonchev–Trinajstić information content (AvgIpc) is 2.87. The van der Waals surface area contributed by atoms with Crippen LogP contribution in [0.15, 0.2) is 48.5 Å². The third kappa shape index (κ3) is 6.45. The first-order chi connectivity index (χ1) is 15.7. The molecule has 170 valence electrons. The van der Waals surface area contributed by atoms with Crippen molar-refractivity contribution in [2.75, 3.05) is 31.2 Å². The topological polar surface area (TPSA) is 58.6 Å². The van der Waals surface area contributed by atoms with Crippen LogP contribution in [0.2, 0.25) is 0 Å². The van der Waals surface area contributed by atoms with Crippen LogP contribution in [0.25, 0.3) is 0 Å². The fourth-order valence-corrected chi connectivity index (χ4v) is 6.79. The number of rotatable bonds is 7. The number of amides is 2. The van der Waals surface area contributed by atoms with Gasteiger partial charge in [-0.25, -0.2) is 0 Å². The Kier molecular flexibility index (Phi) is 8.40. The quantitative estimate of drug-likeness (QED) is 0.625. The second-order valence-electron chi connectivity index (χ2n) is 8.11. The summed E-state index contributed by atoms with van der Waals surface area (Å²) in [6.45, 7) is 2.00. The monoisotopic (exact) mass is 470 g/mol. The Hall–Kier alpha value is -2.12. The fraction of sp³-hybridized carbons (Fsp3) is 0.440. The van der Waals surface area contributed by atoms with Gasteiger partial charge in [0, 0.05) is 25.2 Å². The van der Waals surface area contributed by atoms with Crippen molar-refractivity contribution in [2.24, 2.45) is 0 Å². The minimum Gasteiger partial charge on any atom is -0.484 e. The smallest absolute Gasteiger partial charge is 0.258 e. The lowest BCUT2D eigenvalue weighted by Crippen LogP contribution is -2.35. The van der Waals surface area contributed by atoms with E-state index in [1.807, 2.05) is 64.8 Å². The number of carbonyl (C=O) groups is 2. The predicted molar refractivity (Wildman–Crippen MR) is 132 cm³/mol. The number of nitrogens with zero attached hydrogens (tertiary/aromatic N) is 1. The molecule has 7 heteroatoms. The van der Waals surface area contributed by atoms with E-state index >= 15 is 0 Å². The number of nitrogens with one attached hydrogen (secondary N) is 1. The Morgan fingerprint density at radius 1 is 0.969 bits per heavy atom. The highest BCUT2D eigenvalue weighted by Gasteiger charge is 2.18. The van der Waals surface area contributed by atoms with Gasteiger partial charge in [-0.3, -0.25) is 9.59 Å². The van der Waals surface area contributed by atoms with Crippen molar-refractivity contribution in [1.29, 1.82) is 0 Å². The van der Waals surface area contributed by atoms with Crippen molar-refractivity contribution in [3.8, 4) is 5.75 Å². The Balaban J connectivity index is 1.23. The van der Waals surface area contributed by atoms with Gasteiger partial charge in [-0.2, -0.15) is 0 Å². The van der Waals surface area contributed by atoms with Crippen molar-refractivity contribution in [1.82, 2.24) is 10.2 Å². The van der Waals surface area contributed by atoms with Crippen LogP contribution in [0.5, 0.6) is 5.75 Å². The molecule has 2 aromatic carbocycles. The summed E-state index contributed by atoms with van der Waals surface area (Å²) in [7, 11) is 0. The number of likely N-dealkylation sites (tertiary alicyclic amines) is 1. The lowest BCUT2D eigenvalue weighted by molar-refractivity contribution is -0.123. The van der Waals surface area contributed by atoms with Crippen molar-refractivity contribution < 1.29 is 14.3 Å². The van der Waals surface area contributed by atoms with Gasteiger partial charge in [0.15, 0.2) is 6.61 Å². The Bertz CT molecular complexity index is 908. The third-order valence-corrected chi connectivity index (χ3v) is 8.67. The summed E-state index contributed by atoms with van der Waals surface area (Å²) in [4.78, 5) is 26.9. The molecular weight excluding hydrogens is 440 g/mol. The van der Waals surface area contributed by atoms with E-state index < -0.39 is 0 Å². The molecule has 0 unspecified atom stereocenters. The minimum atomic E-state index is -0.180. The van der Waals surface area contributed by atoms with Crippen LogP contribution in [-0.2, 0) is 11.3 Å². The van der Waals surface area contributed by atoms with Gasteiger partial charge in [-0.1, -0.05) is 24.3 Å². The zero-order valence-corrected chi connectivity index (χ0v) is 19.9. The molecule has 5 nitrogen and oxygen atoms in total. The SMILES string of the molecule is O=C(COc1ccc(C2SCCCS2)cc1)NCc1cccc(C(=O)N2CCCCC2)c1. The molecular formula is C25H30N2O3S2. The summed E-state index contributed by atoms with van der Waals surface area (Å²) in [5, 5.41) is 2.88. The van der Waals surface area contributed by atoms with Crippen molar-refractivity contribution in [2.45, 2.75) is 36.8 Å². The minimum absolute atomic E-state index is 0.0291. The number of ether oxygens (including phenoxy) is 1. The molecule has 0 radical (unpaired) electrons. The maximum atomic E-state index is 12.7. The molecule has 2 saturated heterocycles. The molecule has 2 heterocycles. The Labute approximate surface area is 198 Å². The molecule has 4 rings (SSSR count). The lowest BCUT2D eigenvalue weighted by Gasteiger charge is -2.26. The first-order valence-electron chi connectivity index (χ1n) is 11.3. The van der Waals surface area contributed by atoms with Crippen molar-refractivity contribution in [3.05, 3.63) is 65.2 Å². The Morgan fingerprint density at radius 2 is 1.72 bits per heavy atom. The summed E-state index contributed by atoms with van der Waals surface area (Å²) >= 11 is 3.98. The lowest BCUT2D eigenvalue weighted by atomic mass is 10.1. The maximum Gasteiger partial charge on any atom is 0.258 e. The van der Waals surface area contributed by atoms with Crippen molar-refractivity contribution >= 4 is 35.3 Å². The molecule has 1 N–H and O–H groups in total. The number of carbonyl (C=O) groups excluding carboxylic acids is 2. The summed E-state index contributed by atoms with van der Waals surface area (Å²) in [5.74, 6) is 3.02. The number of benzene rings is 2. The molecule has 0 spiro atoms. The summed E-state index contributed by atoms with van der Waals surface area (Å²) in [6.07, 6.45) is 4.62. The van der Waals surface area contributed by atoms with E-state index in [1.165, 1.54) is 29.9 Å². The molecule has 2 fully saturated rings. The molecule has 32 heavy (non-hydrogen) atoms. The number of hydrogen-bond acceptors (Lipinski definition) is 5. The van der Waals surface area contributed by atoms with Gasteiger partial charge in [0.2, 0.25) is 0 Å². The number of hydrogen-bond donors (Lipinski definition) is 1. The standard InChI is InChI=1S/C25H30N2O3S2/c28-23(18-30-22-10-8-20(9-11-22)25-31-14-5-15-32-25)26-17-19-6-4-7-21(16-19)24(29)27-12-2-1-3-13-27/h4,6-11,16,25H,1-3,5,12-15,17-18H2,(H,26,28). The predicted octanol–water partition coefficient (Wildman–Crippen LogP) is 4.88. The zero-order valence-electron chi connectivity index (χ0n) is 18.3. The highest BCUT2D eigenvalue weighted by atomic mass is 32.2. The molecule has 0 saturated carbocycles. The van der Waals surface area contributed by atoms with Gasteiger partial charge in [0.1, 0.15) is 5.75 Å². The van der Waals surface area contributed by atoms with Crippen LogP contribution >= 0.6 is 23.5 Å². The normalized spacial score (nSPS) is 17.1. The van der Waals surface area contributed by atoms with Gasteiger partial charge in [0.05, 0.1) is 4.58 Å². The molecule has 2 aliphatic rings. The molecule has 0 atom stereocenters. The summed E-state index contributed by atoms with van der Waals surface area (Å²) in [6, 6.07) is 15.6. The van der Waals surface area contributed by atoms with Crippen LogP contribution in [0.1, 0.15) is 51.8 Å². The summed E-state index contributed by atoms with van der Waals surface area (Å²) in [5.41, 5.74) is 2.90. The zero-order chi connectivity index (χ0) is 22.2. The second kappa shape index (κ2) is 11.7. The van der Waals surface area contributed by atoms with Crippen LogP contribution in [0.4, 0.5) is 0 Å². The van der Waals surface area contributed by atoms with Crippen LogP contribution < -0.4 is 10.1 Å². The van der Waals surface area contributed by atoms with Crippen molar-refractivity contribution in [3.63, 3.8) is 0 Å². The van der Waals surface area contributed by atoms with E-state index in [1.54, 1.807) is 0 Å². The average molecular weight is 471 g/mol. The van der Waals surface area contributed by atoms with E-state index in [0.717, 1.165) is 31.5 Å². The molecule has 0 bridgehead atoms. The van der Waals surface area contributed by atoms with E-state index in [9.17, 15) is 9.59 Å². The first-order valence-corrected chi connectivity index (χ1v) is 13.4. The highest BCUT2D eigenvalue weighted by Crippen LogP contribution is 2.43. The largest absolute Gasteiger partial charge is 0.484 e. The van der Waals surface area contributed by atoms with E-state index in [2.05, 4.69) is 17.4 Å². The Morgan fingerprint density at radius 3 is 2.47 bits per heavy atom. The van der Waals surface area contributed by atoms with Crippen LogP contribution in [0, 0.1) is 0 Å². The van der Waals surface area contributed by atoms with Gasteiger partial charge in [-0.15, -0.1) is 23.5 Å². The van der Waals surface area contributed by atoms with Gasteiger partial charge in [-0.05, 0) is 72.6 Å². The molecule has 2 aromatic rings. The molecule has 2 amide bonds. The molecule has 0 aliphatic carbocycles. The summed E-state index contributed by atoms with van der Waals surface area (Å²) < 4.78 is 6.15. The number of piperidine rings is 1. The van der Waals surface area contributed by atoms with Crippen LogP contribution in [-0.4, -0.2) is 47.9 Å². The van der Waals surface area contributed by atoms with E-state index in [0.29, 0.717) is 22.4 Å². The van der Waals surface area contributed by atoms with E-state index in [-0.39, 0.29) is 18.4 Å². The van der Waals surface area contributed by atoms with Gasteiger partial charge in [0.25, 0.3) is 11.8 Å². The molecule has 2 aliphatic heterocycles. The molecule has 0 aromatic heterocycles. The second-order valence-corrected chi connectivity index (χ2v) is 10.8. The fourth-order valence-electron chi connectivity index (χ4n) is 3.90. The highest BCUT2D eigenvalue weighted by molar-refractivity contribution is 8.16. The van der Waals surface area contributed by atoms with E-state index in [4.69, 9.17) is 4.74 Å². The van der Waals surface area contributed by atoms with Gasteiger partial charge >= 0.3 is 0 Å². The van der Waals surface area contributed by atoms with Crippen LogP contribution in [0.3, 0.4) is 0 Å². The first kappa shape index (κ1) is 23.1. The number of thioether (sulfide) groups is 2.